The largest absolute Gasteiger partial charge is 0.492 e. The zero-order chi connectivity index (χ0) is 15.2. The van der Waals surface area contributed by atoms with E-state index in [9.17, 15) is 4.79 Å². The molecule has 1 amide bonds. The molecule has 6 heteroatoms. The van der Waals surface area contributed by atoms with Gasteiger partial charge in [-0.25, -0.2) is 4.98 Å². The van der Waals surface area contributed by atoms with Gasteiger partial charge in [0.25, 0.3) is 0 Å². The number of carbonyl (C=O) groups is 1. The van der Waals surface area contributed by atoms with Crippen LogP contribution in [0.1, 0.15) is 16.1 Å². The normalized spacial score (nSPS) is 10.2. The van der Waals surface area contributed by atoms with Crippen LogP contribution in [0.4, 0.5) is 11.5 Å². The van der Waals surface area contributed by atoms with Gasteiger partial charge in [0.2, 0.25) is 5.91 Å². The molecule has 2 rings (SSSR count). The molecule has 0 bridgehead atoms. The zero-order valence-corrected chi connectivity index (χ0v) is 11.8. The number of nitrogens with zero attached hydrogens (tertiary/aromatic N) is 1. The van der Waals surface area contributed by atoms with Gasteiger partial charge in [0.15, 0.2) is 0 Å². The number of benzene rings is 1. The third-order valence-electron chi connectivity index (χ3n) is 2.75. The van der Waals surface area contributed by atoms with E-state index in [0.29, 0.717) is 24.5 Å². The minimum atomic E-state index is -0.478. The van der Waals surface area contributed by atoms with Crippen molar-refractivity contribution < 1.29 is 9.53 Å². The number of primary amides is 1. The van der Waals surface area contributed by atoms with Crippen molar-refractivity contribution in [3.05, 3.63) is 47.7 Å². The van der Waals surface area contributed by atoms with Crippen LogP contribution in [0.2, 0.25) is 0 Å². The highest BCUT2D eigenvalue weighted by molar-refractivity contribution is 5.93. The smallest absolute Gasteiger partial charge is 0.248 e. The van der Waals surface area contributed by atoms with E-state index in [1.807, 2.05) is 24.3 Å². The maximum Gasteiger partial charge on any atom is 0.248 e. The molecular formula is C15H18N4O2. The molecule has 0 saturated heterocycles. The lowest BCUT2D eigenvalue weighted by molar-refractivity contribution is 0.1000. The Kier molecular flexibility index (Phi) is 4.73. The van der Waals surface area contributed by atoms with Gasteiger partial charge in [-0.2, -0.15) is 0 Å². The van der Waals surface area contributed by atoms with Crippen molar-refractivity contribution >= 4 is 17.4 Å². The molecule has 2 aromatic rings. The molecule has 110 valence electrons. The summed E-state index contributed by atoms with van der Waals surface area (Å²) < 4.78 is 5.40. The van der Waals surface area contributed by atoms with Crippen LogP contribution in [0.5, 0.6) is 5.75 Å². The fraction of sp³-hybridized carbons (Fsp3) is 0.200. The number of aryl methyl sites for hydroxylation is 1. The van der Waals surface area contributed by atoms with E-state index in [4.69, 9.17) is 16.2 Å². The first-order valence-electron chi connectivity index (χ1n) is 6.57. The Bertz CT molecular complexity index is 626. The summed E-state index contributed by atoms with van der Waals surface area (Å²) in [7, 11) is 0. The van der Waals surface area contributed by atoms with E-state index >= 15 is 0 Å². The fourth-order valence-corrected chi connectivity index (χ4v) is 1.83. The van der Waals surface area contributed by atoms with Gasteiger partial charge in [0.1, 0.15) is 18.2 Å². The first-order chi connectivity index (χ1) is 10.1. The average Bonchev–Trinajstić information content (AvgIpc) is 2.46. The Balaban J connectivity index is 2.12. The molecule has 21 heavy (non-hydrogen) atoms. The van der Waals surface area contributed by atoms with Crippen LogP contribution >= 0.6 is 0 Å². The van der Waals surface area contributed by atoms with E-state index in [1.165, 1.54) is 0 Å². The summed E-state index contributed by atoms with van der Waals surface area (Å²) >= 11 is 0. The van der Waals surface area contributed by atoms with Crippen molar-refractivity contribution in [1.82, 2.24) is 4.98 Å². The summed E-state index contributed by atoms with van der Waals surface area (Å²) in [6.07, 6.45) is 0. The Labute approximate surface area is 123 Å². The minimum Gasteiger partial charge on any atom is -0.492 e. The minimum absolute atomic E-state index is 0.424. The second kappa shape index (κ2) is 6.71. The second-order valence-electron chi connectivity index (χ2n) is 4.53. The highest BCUT2D eigenvalue weighted by Gasteiger charge is 2.05. The summed E-state index contributed by atoms with van der Waals surface area (Å²) in [5, 5.41) is 3.12. The molecule has 0 saturated carbocycles. The van der Waals surface area contributed by atoms with Gasteiger partial charge in [-0.15, -0.1) is 0 Å². The maximum absolute atomic E-state index is 11.2. The van der Waals surface area contributed by atoms with Crippen LogP contribution in [0.15, 0.2) is 36.4 Å². The number of nitrogens with two attached hydrogens (primary N) is 2. The molecule has 0 aliphatic carbocycles. The van der Waals surface area contributed by atoms with Crippen LogP contribution in [-0.2, 0) is 0 Å². The van der Waals surface area contributed by atoms with Gasteiger partial charge >= 0.3 is 0 Å². The summed E-state index contributed by atoms with van der Waals surface area (Å²) in [5.41, 5.74) is 12.6. The topological polar surface area (TPSA) is 103 Å². The van der Waals surface area contributed by atoms with Crippen LogP contribution in [-0.4, -0.2) is 24.0 Å². The molecule has 0 aliphatic rings. The molecule has 5 N–H and O–H groups in total. The first kappa shape index (κ1) is 14.8. The molecule has 0 fully saturated rings. The van der Waals surface area contributed by atoms with Gasteiger partial charge < -0.3 is 21.5 Å². The number of anilines is 2. The quantitative estimate of drug-likeness (QED) is 0.748. The first-order valence-corrected chi connectivity index (χ1v) is 6.57. The number of carbonyl (C=O) groups excluding carboxylic acids is 1. The third-order valence-corrected chi connectivity index (χ3v) is 2.75. The molecule has 0 spiro atoms. The predicted molar refractivity (Wildman–Crippen MR) is 81.8 cm³/mol. The Morgan fingerprint density at radius 2 is 2.00 bits per heavy atom. The molecule has 0 unspecified atom stereocenters. The lowest BCUT2D eigenvalue weighted by Gasteiger charge is -2.09. The van der Waals surface area contributed by atoms with Crippen LogP contribution in [0, 0.1) is 6.92 Å². The number of hydrogen-bond acceptors (Lipinski definition) is 5. The number of rotatable bonds is 6. The highest BCUT2D eigenvalue weighted by atomic mass is 16.5. The molecule has 0 atom stereocenters. The number of amides is 1. The highest BCUT2D eigenvalue weighted by Crippen LogP contribution is 2.20. The lowest BCUT2D eigenvalue weighted by atomic mass is 10.2. The van der Waals surface area contributed by atoms with Gasteiger partial charge in [0, 0.05) is 23.5 Å². The Hall–Kier alpha value is -2.60. The number of nitrogens with one attached hydrogen (secondary N) is 1. The molecule has 0 radical (unpaired) electrons. The standard InChI is InChI=1S/C15H18N4O2/c1-10-8-11(15(17)20)9-14(18-10)19-12-2-4-13(5-3-12)21-7-6-16/h2-5,8-9H,6-7,16H2,1H3,(H2,17,20)(H,18,19). The van der Waals surface area contributed by atoms with Crippen molar-refractivity contribution in [3.8, 4) is 5.75 Å². The molecule has 6 nitrogen and oxygen atoms in total. The monoisotopic (exact) mass is 286 g/mol. The van der Waals surface area contributed by atoms with E-state index in [2.05, 4.69) is 10.3 Å². The van der Waals surface area contributed by atoms with Crippen LogP contribution in [0.3, 0.4) is 0 Å². The Morgan fingerprint density at radius 1 is 1.29 bits per heavy atom. The van der Waals surface area contributed by atoms with E-state index in [1.54, 1.807) is 19.1 Å². The lowest BCUT2D eigenvalue weighted by Crippen LogP contribution is -2.12. The predicted octanol–water partition coefficient (Wildman–Crippen LogP) is 1.57. The van der Waals surface area contributed by atoms with Gasteiger partial charge in [-0.1, -0.05) is 0 Å². The van der Waals surface area contributed by atoms with Gasteiger partial charge in [-0.3, -0.25) is 4.79 Å². The van der Waals surface area contributed by atoms with Gasteiger partial charge in [-0.05, 0) is 43.3 Å². The van der Waals surface area contributed by atoms with Crippen molar-refractivity contribution in [3.63, 3.8) is 0 Å². The summed E-state index contributed by atoms with van der Waals surface area (Å²) in [6, 6.07) is 10.7. The molecular weight excluding hydrogens is 268 g/mol. The number of pyridine rings is 1. The van der Waals surface area contributed by atoms with Crippen LogP contribution < -0.4 is 21.5 Å². The second-order valence-corrected chi connectivity index (χ2v) is 4.53. The van der Waals surface area contributed by atoms with E-state index < -0.39 is 5.91 Å². The van der Waals surface area contributed by atoms with Crippen molar-refractivity contribution in [2.24, 2.45) is 11.5 Å². The zero-order valence-electron chi connectivity index (χ0n) is 11.8. The number of aromatic nitrogens is 1. The van der Waals surface area contributed by atoms with Crippen LogP contribution in [0.25, 0.3) is 0 Å². The molecule has 1 aromatic carbocycles. The summed E-state index contributed by atoms with van der Waals surface area (Å²) in [5.74, 6) is 0.842. The molecule has 0 aliphatic heterocycles. The Morgan fingerprint density at radius 3 is 2.62 bits per heavy atom. The fourth-order valence-electron chi connectivity index (χ4n) is 1.83. The van der Waals surface area contributed by atoms with Gasteiger partial charge in [0.05, 0.1) is 0 Å². The summed E-state index contributed by atoms with van der Waals surface area (Å²) in [6.45, 7) is 2.76. The summed E-state index contributed by atoms with van der Waals surface area (Å²) in [4.78, 5) is 15.6. The SMILES string of the molecule is Cc1cc(C(N)=O)cc(Nc2ccc(OCCN)cc2)n1. The van der Waals surface area contributed by atoms with Crippen molar-refractivity contribution in [1.29, 1.82) is 0 Å². The number of ether oxygens (including phenoxy) is 1. The average molecular weight is 286 g/mol. The van der Waals surface area contributed by atoms with E-state index in [-0.39, 0.29) is 0 Å². The molecule has 1 aromatic heterocycles. The molecule has 1 heterocycles. The van der Waals surface area contributed by atoms with Crippen molar-refractivity contribution in [2.75, 3.05) is 18.5 Å². The number of hydrogen-bond donors (Lipinski definition) is 3. The van der Waals surface area contributed by atoms with E-state index in [0.717, 1.165) is 17.1 Å². The van der Waals surface area contributed by atoms with Crippen molar-refractivity contribution in [2.45, 2.75) is 6.92 Å². The maximum atomic E-state index is 11.2. The third kappa shape index (κ3) is 4.19.